The van der Waals surface area contributed by atoms with Crippen LogP contribution in [0.3, 0.4) is 0 Å². The van der Waals surface area contributed by atoms with Crippen LogP contribution in [0.1, 0.15) is 17.5 Å². The van der Waals surface area contributed by atoms with Gasteiger partial charge >= 0.3 is 0 Å². The molecule has 0 aliphatic carbocycles. The molecule has 25 heavy (non-hydrogen) atoms. The van der Waals surface area contributed by atoms with Crippen molar-refractivity contribution in [2.45, 2.75) is 19.6 Å². The molecule has 0 atom stereocenters. The normalized spacial score (nSPS) is 10.0. The molecule has 1 N–H and O–H groups in total. The summed E-state index contributed by atoms with van der Waals surface area (Å²) in [6, 6.07) is 12.3. The quantitative estimate of drug-likeness (QED) is 0.786. The summed E-state index contributed by atoms with van der Waals surface area (Å²) in [7, 11) is 1.54. The summed E-state index contributed by atoms with van der Waals surface area (Å²) in [5.41, 5.74) is 1.51. The number of rotatable bonds is 7. The second-order valence-electron chi connectivity index (χ2n) is 5.08. The predicted molar refractivity (Wildman–Crippen MR) is 95.9 cm³/mol. The third-order valence-electron chi connectivity index (χ3n) is 3.38. The van der Waals surface area contributed by atoms with E-state index >= 15 is 0 Å². The molecule has 0 saturated carbocycles. The van der Waals surface area contributed by atoms with Crippen LogP contribution >= 0.6 is 23.2 Å². The topological polar surface area (TPSA) is 71.3 Å². The van der Waals surface area contributed by atoms with Crippen molar-refractivity contribution in [2.75, 3.05) is 7.11 Å². The fourth-order valence-electron chi connectivity index (χ4n) is 2.14. The molecule has 1 amide bonds. The van der Waals surface area contributed by atoms with Crippen LogP contribution in [-0.4, -0.2) is 13.0 Å². The summed E-state index contributed by atoms with van der Waals surface area (Å²) < 4.78 is 11.2. The molecule has 5 nitrogen and oxygen atoms in total. The summed E-state index contributed by atoms with van der Waals surface area (Å²) in [6.45, 7) is 0.441. The Morgan fingerprint density at radius 1 is 1.24 bits per heavy atom. The van der Waals surface area contributed by atoms with Crippen LogP contribution in [0.4, 0.5) is 0 Å². The Balaban J connectivity index is 2.17. The number of ether oxygens (including phenoxy) is 2. The zero-order chi connectivity index (χ0) is 18.2. The largest absolute Gasteiger partial charge is 0.493 e. The molecular formula is C18H16Cl2N2O3. The molecule has 2 rings (SSSR count). The van der Waals surface area contributed by atoms with Crippen LogP contribution in [0.5, 0.6) is 11.5 Å². The number of nitrogens with zero attached hydrogens (tertiary/aromatic N) is 1. The smallest absolute Gasteiger partial charge is 0.234 e. The number of carbonyl (C=O) groups is 1. The highest BCUT2D eigenvalue weighted by molar-refractivity contribution is 6.35. The van der Waals surface area contributed by atoms with E-state index in [1.807, 2.05) is 6.07 Å². The van der Waals surface area contributed by atoms with Crippen molar-refractivity contribution in [3.63, 3.8) is 0 Å². The van der Waals surface area contributed by atoms with Gasteiger partial charge in [0.15, 0.2) is 11.5 Å². The van der Waals surface area contributed by atoms with Crippen LogP contribution < -0.4 is 14.8 Å². The van der Waals surface area contributed by atoms with E-state index < -0.39 is 0 Å². The standard InChI is InChI=1S/C18H16Cl2N2O3/c1-24-16-4-2-3-12(10-22-17(23)7-8-21)18(16)25-11-13-5-6-14(19)9-15(13)20/h2-6,9H,7,10-11H2,1H3,(H,22,23). The van der Waals surface area contributed by atoms with Gasteiger partial charge < -0.3 is 14.8 Å². The third kappa shape index (κ3) is 5.28. The number of methoxy groups -OCH3 is 1. The first-order valence-corrected chi connectivity index (χ1v) is 8.17. The third-order valence-corrected chi connectivity index (χ3v) is 3.97. The predicted octanol–water partition coefficient (Wildman–Crippen LogP) is 4.11. The van der Waals surface area contributed by atoms with Gasteiger partial charge in [-0.05, 0) is 18.2 Å². The SMILES string of the molecule is COc1cccc(CNC(=O)CC#N)c1OCc1ccc(Cl)cc1Cl. The number of para-hydroxylation sites is 1. The van der Waals surface area contributed by atoms with Gasteiger partial charge in [-0.3, -0.25) is 4.79 Å². The van der Waals surface area contributed by atoms with E-state index in [2.05, 4.69) is 5.32 Å². The Labute approximate surface area is 156 Å². The monoisotopic (exact) mass is 378 g/mol. The first-order valence-electron chi connectivity index (χ1n) is 7.41. The van der Waals surface area contributed by atoms with Crippen molar-refractivity contribution in [1.82, 2.24) is 5.32 Å². The van der Waals surface area contributed by atoms with E-state index in [0.717, 1.165) is 11.1 Å². The lowest BCUT2D eigenvalue weighted by Crippen LogP contribution is -2.22. The molecule has 0 aliphatic heterocycles. The summed E-state index contributed by atoms with van der Waals surface area (Å²) in [5, 5.41) is 12.3. The van der Waals surface area contributed by atoms with E-state index in [1.165, 1.54) is 7.11 Å². The molecule has 0 spiro atoms. The van der Waals surface area contributed by atoms with Gasteiger partial charge in [-0.2, -0.15) is 5.26 Å². The average molecular weight is 379 g/mol. The molecule has 2 aromatic rings. The number of hydrogen-bond acceptors (Lipinski definition) is 4. The minimum absolute atomic E-state index is 0.194. The lowest BCUT2D eigenvalue weighted by Gasteiger charge is -2.16. The van der Waals surface area contributed by atoms with Gasteiger partial charge in [0.2, 0.25) is 5.91 Å². The van der Waals surface area contributed by atoms with Gasteiger partial charge in [-0.15, -0.1) is 0 Å². The van der Waals surface area contributed by atoms with Gasteiger partial charge in [0.25, 0.3) is 0 Å². The fraction of sp³-hybridized carbons (Fsp3) is 0.222. The fourth-order valence-corrected chi connectivity index (χ4v) is 2.60. The first kappa shape index (κ1) is 18.9. The van der Waals surface area contributed by atoms with Gasteiger partial charge in [-0.1, -0.05) is 41.4 Å². The molecule has 0 heterocycles. The number of hydrogen-bond donors (Lipinski definition) is 1. The zero-order valence-corrected chi connectivity index (χ0v) is 15.0. The Kier molecular flexibility index (Phi) is 6.93. The van der Waals surface area contributed by atoms with E-state index in [-0.39, 0.29) is 25.5 Å². The molecule has 0 fully saturated rings. The van der Waals surface area contributed by atoms with E-state index in [1.54, 1.807) is 36.4 Å². The number of halogens is 2. The lowest BCUT2D eigenvalue weighted by atomic mass is 10.1. The van der Waals surface area contributed by atoms with E-state index in [0.29, 0.717) is 21.5 Å². The van der Waals surface area contributed by atoms with Crippen molar-refractivity contribution < 1.29 is 14.3 Å². The van der Waals surface area contributed by atoms with E-state index in [9.17, 15) is 4.79 Å². The Bertz CT molecular complexity index is 803. The minimum atomic E-state index is -0.350. The van der Waals surface area contributed by atoms with Crippen LogP contribution in [-0.2, 0) is 17.9 Å². The zero-order valence-electron chi connectivity index (χ0n) is 13.5. The first-order chi connectivity index (χ1) is 12.0. The average Bonchev–Trinajstić information content (AvgIpc) is 2.59. The molecule has 0 aliphatic rings. The molecule has 2 aromatic carbocycles. The Hall–Kier alpha value is -2.42. The van der Waals surface area contributed by atoms with Crippen LogP contribution in [0.2, 0.25) is 10.0 Å². The highest BCUT2D eigenvalue weighted by Gasteiger charge is 2.13. The second-order valence-corrected chi connectivity index (χ2v) is 5.93. The number of amides is 1. The molecule has 7 heteroatoms. The Morgan fingerprint density at radius 2 is 2.04 bits per heavy atom. The van der Waals surface area contributed by atoms with Gasteiger partial charge in [-0.25, -0.2) is 0 Å². The summed E-state index contributed by atoms with van der Waals surface area (Å²) in [4.78, 5) is 11.5. The number of nitriles is 1. The maximum absolute atomic E-state index is 11.5. The van der Waals surface area contributed by atoms with Crippen LogP contribution in [0.25, 0.3) is 0 Å². The van der Waals surface area contributed by atoms with Gasteiger partial charge in [0, 0.05) is 27.7 Å². The van der Waals surface area contributed by atoms with Crippen molar-refractivity contribution in [2.24, 2.45) is 0 Å². The maximum atomic E-state index is 11.5. The minimum Gasteiger partial charge on any atom is -0.493 e. The van der Waals surface area contributed by atoms with Gasteiger partial charge in [0.1, 0.15) is 13.0 Å². The molecule has 0 radical (unpaired) electrons. The maximum Gasteiger partial charge on any atom is 0.234 e. The van der Waals surface area contributed by atoms with E-state index in [4.69, 9.17) is 37.9 Å². The molecule has 0 unspecified atom stereocenters. The van der Waals surface area contributed by atoms with Crippen LogP contribution in [0, 0.1) is 11.3 Å². The van der Waals surface area contributed by atoms with Crippen LogP contribution in [0.15, 0.2) is 36.4 Å². The van der Waals surface area contributed by atoms with Crippen molar-refractivity contribution >= 4 is 29.1 Å². The summed E-state index contributed by atoms with van der Waals surface area (Å²) in [5.74, 6) is 0.697. The van der Waals surface area contributed by atoms with Gasteiger partial charge in [0.05, 0.1) is 13.2 Å². The Morgan fingerprint density at radius 3 is 2.72 bits per heavy atom. The highest BCUT2D eigenvalue weighted by atomic mass is 35.5. The van der Waals surface area contributed by atoms with Crippen molar-refractivity contribution in [3.8, 4) is 17.6 Å². The summed E-state index contributed by atoms with van der Waals surface area (Å²) >= 11 is 12.1. The number of benzene rings is 2. The molecule has 0 aromatic heterocycles. The molecule has 0 saturated heterocycles. The van der Waals surface area contributed by atoms with Crippen molar-refractivity contribution in [3.05, 3.63) is 57.6 Å². The second kappa shape index (κ2) is 9.16. The molecular weight excluding hydrogens is 363 g/mol. The summed E-state index contributed by atoms with van der Waals surface area (Å²) in [6.07, 6.45) is -0.194. The molecule has 0 bridgehead atoms. The van der Waals surface area contributed by atoms with Crippen molar-refractivity contribution in [1.29, 1.82) is 5.26 Å². The molecule has 130 valence electrons. The number of carbonyl (C=O) groups excluding carboxylic acids is 1. The highest BCUT2D eigenvalue weighted by Crippen LogP contribution is 2.32. The lowest BCUT2D eigenvalue weighted by molar-refractivity contribution is -0.120. The number of nitrogens with one attached hydrogen (secondary N) is 1.